The van der Waals surface area contributed by atoms with E-state index < -0.39 is 12.5 Å². The number of fused-ring (bicyclic) bond motifs is 1. The van der Waals surface area contributed by atoms with E-state index in [2.05, 4.69) is 15.0 Å². The summed E-state index contributed by atoms with van der Waals surface area (Å²) in [6, 6.07) is -0.964. The third-order valence-electron chi connectivity index (χ3n) is 4.16. The molecule has 0 aromatic carbocycles. The second-order valence-electron chi connectivity index (χ2n) is 5.60. The number of amides is 1. The van der Waals surface area contributed by atoms with Gasteiger partial charge in [-0.15, -0.1) is 0 Å². The predicted molar refractivity (Wildman–Crippen MR) is 79.7 cm³/mol. The molecule has 1 atom stereocenters. The fraction of sp³-hybridized carbons (Fsp3) is 0.571. The molecular weight excluding hydrogens is 306 g/mol. The van der Waals surface area contributed by atoms with Crippen LogP contribution in [0.2, 0.25) is 0 Å². The molecule has 1 aliphatic rings. The van der Waals surface area contributed by atoms with Crippen molar-refractivity contribution in [2.24, 2.45) is 0 Å². The summed E-state index contributed by atoms with van der Waals surface area (Å²) < 4.78 is 27.8. The van der Waals surface area contributed by atoms with Gasteiger partial charge in [0, 0.05) is 19.5 Å². The fourth-order valence-electron chi connectivity index (χ4n) is 2.95. The summed E-state index contributed by atoms with van der Waals surface area (Å²) in [5.74, 6) is 0.00718. The first-order valence-corrected chi connectivity index (χ1v) is 7.57. The van der Waals surface area contributed by atoms with Crippen LogP contribution >= 0.6 is 0 Å². The van der Waals surface area contributed by atoms with Crippen molar-refractivity contribution >= 4 is 22.9 Å². The summed E-state index contributed by atoms with van der Waals surface area (Å²) in [5.41, 5.74) is 6.72. The van der Waals surface area contributed by atoms with E-state index in [4.69, 9.17) is 5.73 Å². The van der Waals surface area contributed by atoms with Crippen molar-refractivity contribution in [3.05, 3.63) is 12.7 Å². The van der Waals surface area contributed by atoms with Crippen LogP contribution in [0.25, 0.3) is 11.2 Å². The molecule has 1 aliphatic heterocycles. The number of nitrogen functional groups attached to an aromatic ring is 1. The summed E-state index contributed by atoms with van der Waals surface area (Å²) in [4.78, 5) is 25.7. The van der Waals surface area contributed by atoms with Crippen LogP contribution in [0.1, 0.15) is 25.7 Å². The number of hydrogen-bond donors (Lipinski definition) is 1. The zero-order valence-electron chi connectivity index (χ0n) is 12.5. The van der Waals surface area contributed by atoms with Gasteiger partial charge in [-0.3, -0.25) is 4.79 Å². The molecule has 23 heavy (non-hydrogen) atoms. The number of imidazole rings is 1. The highest BCUT2D eigenvalue weighted by molar-refractivity contribution is 5.81. The summed E-state index contributed by atoms with van der Waals surface area (Å²) in [7, 11) is 0. The number of halogens is 2. The monoisotopic (exact) mass is 324 g/mol. The van der Waals surface area contributed by atoms with Crippen molar-refractivity contribution in [2.75, 3.05) is 12.3 Å². The molecule has 9 heteroatoms. The van der Waals surface area contributed by atoms with Crippen molar-refractivity contribution in [3.8, 4) is 0 Å². The van der Waals surface area contributed by atoms with Crippen LogP contribution < -0.4 is 5.73 Å². The van der Waals surface area contributed by atoms with Crippen molar-refractivity contribution in [1.82, 2.24) is 24.4 Å². The number of nitrogens with zero attached hydrogens (tertiary/aromatic N) is 5. The molecule has 2 N–H and O–H groups in total. The van der Waals surface area contributed by atoms with Gasteiger partial charge in [-0.1, -0.05) is 0 Å². The Hall–Kier alpha value is -2.32. The molecule has 0 bridgehead atoms. The molecule has 0 radical (unpaired) electrons. The number of anilines is 1. The lowest BCUT2D eigenvalue weighted by Gasteiger charge is -2.35. The Morgan fingerprint density at radius 2 is 2.17 bits per heavy atom. The zero-order chi connectivity index (χ0) is 16.4. The number of aryl methyl sites for hydroxylation is 1. The molecule has 124 valence electrons. The Balaban J connectivity index is 1.69. The molecule has 0 spiro atoms. The minimum atomic E-state index is -2.50. The summed E-state index contributed by atoms with van der Waals surface area (Å²) >= 11 is 0. The minimum absolute atomic E-state index is 0.124. The molecule has 2 aromatic rings. The Labute approximate surface area is 131 Å². The Morgan fingerprint density at radius 3 is 2.96 bits per heavy atom. The van der Waals surface area contributed by atoms with Crippen molar-refractivity contribution in [1.29, 1.82) is 0 Å². The third-order valence-corrected chi connectivity index (χ3v) is 4.16. The lowest BCUT2D eigenvalue weighted by atomic mass is 10.0. The molecule has 1 unspecified atom stereocenters. The van der Waals surface area contributed by atoms with Crippen LogP contribution in [-0.2, 0) is 11.3 Å². The molecule has 1 fully saturated rings. The smallest absolute Gasteiger partial charge is 0.258 e. The summed E-state index contributed by atoms with van der Waals surface area (Å²) in [6.45, 7) is 0.714. The molecule has 3 heterocycles. The zero-order valence-corrected chi connectivity index (χ0v) is 12.5. The first-order chi connectivity index (χ1) is 11.1. The summed E-state index contributed by atoms with van der Waals surface area (Å²) in [6.07, 6.45) is 2.35. The lowest BCUT2D eigenvalue weighted by molar-refractivity contribution is -0.139. The van der Waals surface area contributed by atoms with E-state index in [0.717, 1.165) is 12.8 Å². The van der Waals surface area contributed by atoms with Crippen LogP contribution in [0.15, 0.2) is 12.7 Å². The normalized spacial score (nSPS) is 18.7. The van der Waals surface area contributed by atoms with E-state index in [-0.39, 0.29) is 18.1 Å². The maximum Gasteiger partial charge on any atom is 0.258 e. The van der Waals surface area contributed by atoms with Crippen LogP contribution in [-0.4, -0.2) is 49.3 Å². The van der Waals surface area contributed by atoms with Crippen LogP contribution in [0, 0.1) is 0 Å². The first kappa shape index (κ1) is 15.6. The van der Waals surface area contributed by atoms with E-state index in [0.29, 0.717) is 30.7 Å². The molecular formula is C14H18F2N6O. The van der Waals surface area contributed by atoms with E-state index in [9.17, 15) is 13.6 Å². The third kappa shape index (κ3) is 3.08. The molecule has 3 rings (SSSR count). The molecule has 1 amide bonds. The molecule has 2 aromatic heterocycles. The Morgan fingerprint density at radius 1 is 1.35 bits per heavy atom. The van der Waals surface area contributed by atoms with Crippen molar-refractivity contribution < 1.29 is 13.6 Å². The van der Waals surface area contributed by atoms with E-state index >= 15 is 0 Å². The highest BCUT2D eigenvalue weighted by Gasteiger charge is 2.32. The number of aromatic nitrogens is 4. The number of rotatable bonds is 4. The van der Waals surface area contributed by atoms with Crippen molar-refractivity contribution in [3.63, 3.8) is 0 Å². The second kappa shape index (κ2) is 6.43. The standard InChI is InChI=1S/C14H18F2N6O/c15-12(16)9-3-1-2-5-22(9)10(23)4-6-21-8-20-11-13(17)18-7-19-14(11)21/h7-9,12H,1-6H2,(H2,17,18,19). The topological polar surface area (TPSA) is 89.9 Å². The number of carbonyl (C=O) groups is 1. The van der Waals surface area contributed by atoms with Gasteiger partial charge in [-0.25, -0.2) is 23.7 Å². The molecule has 0 aliphatic carbocycles. The minimum Gasteiger partial charge on any atom is -0.382 e. The van der Waals surface area contributed by atoms with E-state index in [1.54, 1.807) is 4.57 Å². The van der Waals surface area contributed by atoms with Gasteiger partial charge in [-0.2, -0.15) is 0 Å². The lowest BCUT2D eigenvalue weighted by Crippen LogP contribution is -2.47. The van der Waals surface area contributed by atoms with Gasteiger partial charge in [0.25, 0.3) is 6.43 Å². The number of carbonyl (C=O) groups excluding carboxylic acids is 1. The predicted octanol–water partition coefficient (Wildman–Crippen LogP) is 1.44. The quantitative estimate of drug-likeness (QED) is 0.919. The maximum atomic E-state index is 13.1. The highest BCUT2D eigenvalue weighted by Crippen LogP contribution is 2.23. The van der Waals surface area contributed by atoms with Crippen LogP contribution in [0.3, 0.4) is 0 Å². The Kier molecular flexibility index (Phi) is 4.35. The van der Waals surface area contributed by atoms with Gasteiger partial charge in [0.15, 0.2) is 11.5 Å². The van der Waals surface area contributed by atoms with E-state index in [1.165, 1.54) is 17.6 Å². The van der Waals surface area contributed by atoms with Crippen molar-refractivity contribution in [2.45, 2.75) is 44.7 Å². The van der Waals surface area contributed by atoms with E-state index in [1.807, 2.05) is 0 Å². The largest absolute Gasteiger partial charge is 0.382 e. The second-order valence-corrected chi connectivity index (χ2v) is 5.60. The maximum absolute atomic E-state index is 13.1. The molecule has 0 saturated carbocycles. The average Bonchev–Trinajstić information content (AvgIpc) is 2.97. The first-order valence-electron chi connectivity index (χ1n) is 7.57. The molecule has 7 nitrogen and oxygen atoms in total. The number of nitrogens with two attached hydrogens (primary N) is 1. The van der Waals surface area contributed by atoms with Gasteiger partial charge in [-0.05, 0) is 19.3 Å². The van der Waals surface area contributed by atoms with Crippen LogP contribution in [0.4, 0.5) is 14.6 Å². The fourth-order valence-corrected chi connectivity index (χ4v) is 2.95. The van der Waals surface area contributed by atoms with Gasteiger partial charge >= 0.3 is 0 Å². The Bertz CT molecular complexity index is 704. The average molecular weight is 324 g/mol. The van der Waals surface area contributed by atoms with Crippen LogP contribution in [0.5, 0.6) is 0 Å². The number of hydrogen-bond acceptors (Lipinski definition) is 5. The molecule has 1 saturated heterocycles. The number of piperidine rings is 1. The van der Waals surface area contributed by atoms with Gasteiger partial charge in [0.2, 0.25) is 5.91 Å². The number of likely N-dealkylation sites (tertiary alicyclic amines) is 1. The highest BCUT2D eigenvalue weighted by atomic mass is 19.3. The van der Waals surface area contributed by atoms with Gasteiger partial charge in [0.1, 0.15) is 11.8 Å². The summed E-state index contributed by atoms with van der Waals surface area (Å²) in [5, 5.41) is 0. The SMILES string of the molecule is Nc1ncnc2c1ncn2CCC(=O)N1CCCCC1C(F)F. The van der Waals surface area contributed by atoms with Gasteiger partial charge in [0.05, 0.1) is 12.4 Å². The van der Waals surface area contributed by atoms with Gasteiger partial charge < -0.3 is 15.2 Å². The number of alkyl halides is 2.